The molecule has 0 aliphatic rings. The molecule has 8 heteroatoms. The number of carbonyl (C=O) groups is 2. The highest BCUT2D eigenvalue weighted by Crippen LogP contribution is 2.20. The molecule has 7 nitrogen and oxygen atoms in total. The summed E-state index contributed by atoms with van der Waals surface area (Å²) in [6.45, 7) is 3.70. The molecule has 0 aliphatic carbocycles. The summed E-state index contributed by atoms with van der Waals surface area (Å²) >= 11 is 4.98. The summed E-state index contributed by atoms with van der Waals surface area (Å²) < 4.78 is 10.6. The van der Waals surface area contributed by atoms with Crippen molar-refractivity contribution in [1.82, 2.24) is 16.2 Å². The minimum atomic E-state index is -0.434. The number of aryl methyl sites for hydroxylation is 1. The Morgan fingerprint density at radius 3 is 2.48 bits per heavy atom. The van der Waals surface area contributed by atoms with Crippen LogP contribution in [-0.2, 0) is 9.59 Å². The van der Waals surface area contributed by atoms with Crippen molar-refractivity contribution in [3.05, 3.63) is 65.2 Å². The second-order valence-electron chi connectivity index (χ2n) is 6.08. The molecule has 0 bridgehead atoms. The van der Waals surface area contributed by atoms with Crippen molar-refractivity contribution >= 4 is 35.2 Å². The Morgan fingerprint density at radius 2 is 1.79 bits per heavy atom. The van der Waals surface area contributed by atoms with Crippen molar-refractivity contribution in [1.29, 1.82) is 0 Å². The van der Waals surface area contributed by atoms with Crippen LogP contribution in [0.4, 0.5) is 0 Å². The zero-order chi connectivity index (χ0) is 21.2. The van der Waals surface area contributed by atoms with E-state index < -0.39 is 11.8 Å². The number of nitrogens with one attached hydrogen (secondary N) is 3. The van der Waals surface area contributed by atoms with Crippen molar-refractivity contribution < 1.29 is 19.1 Å². The SMILES string of the molecule is COc1ccc(/C=C/C(=O)NC(=S)NNC(=O)COc2cccc(C)c2C)cc1. The molecule has 29 heavy (non-hydrogen) atoms. The third-order valence-corrected chi connectivity index (χ3v) is 4.21. The third kappa shape index (κ3) is 7.27. The van der Waals surface area contributed by atoms with Gasteiger partial charge in [0.2, 0.25) is 5.91 Å². The van der Waals surface area contributed by atoms with Crippen LogP contribution >= 0.6 is 12.2 Å². The Kier molecular flexibility index (Phi) is 8.17. The number of carbonyl (C=O) groups excluding carboxylic acids is 2. The molecule has 2 aromatic carbocycles. The van der Waals surface area contributed by atoms with Gasteiger partial charge >= 0.3 is 0 Å². The van der Waals surface area contributed by atoms with E-state index in [1.54, 1.807) is 31.4 Å². The number of hydrazine groups is 1. The molecule has 2 rings (SSSR count). The van der Waals surface area contributed by atoms with Gasteiger partial charge < -0.3 is 9.47 Å². The van der Waals surface area contributed by atoms with Gasteiger partial charge in [0.25, 0.3) is 5.91 Å². The van der Waals surface area contributed by atoms with Gasteiger partial charge in [-0.2, -0.15) is 0 Å². The van der Waals surface area contributed by atoms with E-state index in [1.165, 1.54) is 6.08 Å². The fourth-order valence-electron chi connectivity index (χ4n) is 2.26. The number of methoxy groups -OCH3 is 1. The largest absolute Gasteiger partial charge is 0.497 e. The van der Waals surface area contributed by atoms with Crippen LogP contribution in [0.3, 0.4) is 0 Å². The highest BCUT2D eigenvalue weighted by Gasteiger charge is 2.07. The lowest BCUT2D eigenvalue weighted by Gasteiger charge is -2.12. The van der Waals surface area contributed by atoms with Crippen molar-refractivity contribution in [2.45, 2.75) is 13.8 Å². The number of benzene rings is 2. The normalized spacial score (nSPS) is 10.3. The molecule has 2 amide bonds. The average molecular weight is 413 g/mol. The molecule has 0 spiro atoms. The van der Waals surface area contributed by atoms with Gasteiger partial charge in [-0.05, 0) is 67.0 Å². The van der Waals surface area contributed by atoms with Gasteiger partial charge in [-0.15, -0.1) is 0 Å². The molecule has 0 atom stereocenters. The lowest BCUT2D eigenvalue weighted by atomic mass is 10.1. The predicted octanol–water partition coefficient (Wildman–Crippen LogP) is 2.43. The van der Waals surface area contributed by atoms with E-state index in [1.807, 2.05) is 38.1 Å². The van der Waals surface area contributed by atoms with Crippen LogP contribution in [0.1, 0.15) is 16.7 Å². The number of hydrogen-bond donors (Lipinski definition) is 3. The van der Waals surface area contributed by atoms with E-state index in [4.69, 9.17) is 21.7 Å². The van der Waals surface area contributed by atoms with Crippen molar-refractivity contribution in [2.24, 2.45) is 0 Å². The van der Waals surface area contributed by atoms with Gasteiger partial charge in [0, 0.05) is 6.08 Å². The van der Waals surface area contributed by atoms with E-state index in [2.05, 4.69) is 16.2 Å². The molecular formula is C21H23N3O4S. The first-order valence-corrected chi connectivity index (χ1v) is 9.21. The molecule has 152 valence electrons. The second-order valence-corrected chi connectivity index (χ2v) is 6.49. The van der Waals surface area contributed by atoms with Crippen LogP contribution in [0.25, 0.3) is 6.08 Å². The van der Waals surface area contributed by atoms with Crippen molar-refractivity contribution in [3.63, 3.8) is 0 Å². The standard InChI is InChI=1S/C21H23N3O4S/c1-14-5-4-6-18(15(14)2)28-13-20(26)23-24-21(29)22-19(25)12-9-16-7-10-17(27-3)11-8-16/h4-12H,13H2,1-3H3,(H,23,26)(H2,22,24,25,29)/b12-9+. The molecule has 0 aromatic heterocycles. The Bertz CT molecular complexity index is 911. The molecule has 2 aromatic rings. The highest BCUT2D eigenvalue weighted by molar-refractivity contribution is 7.80. The van der Waals surface area contributed by atoms with Crippen LogP contribution in [-0.4, -0.2) is 30.6 Å². The van der Waals surface area contributed by atoms with Gasteiger partial charge in [-0.25, -0.2) is 0 Å². The van der Waals surface area contributed by atoms with Crippen LogP contribution in [0.15, 0.2) is 48.5 Å². The summed E-state index contributed by atoms with van der Waals surface area (Å²) in [6, 6.07) is 12.8. The summed E-state index contributed by atoms with van der Waals surface area (Å²) in [5.74, 6) is 0.504. The molecule has 0 unspecified atom stereocenters. The maximum Gasteiger partial charge on any atom is 0.276 e. The monoisotopic (exact) mass is 413 g/mol. The van der Waals surface area contributed by atoms with Crippen LogP contribution in [0.2, 0.25) is 0 Å². The van der Waals surface area contributed by atoms with E-state index in [0.29, 0.717) is 5.75 Å². The van der Waals surface area contributed by atoms with Gasteiger partial charge in [0.15, 0.2) is 11.7 Å². The lowest BCUT2D eigenvalue weighted by molar-refractivity contribution is -0.123. The number of ether oxygens (including phenoxy) is 2. The van der Waals surface area contributed by atoms with E-state index in [-0.39, 0.29) is 11.7 Å². The molecular weight excluding hydrogens is 390 g/mol. The zero-order valence-electron chi connectivity index (χ0n) is 16.4. The fraction of sp³-hybridized carbons (Fsp3) is 0.190. The first-order valence-electron chi connectivity index (χ1n) is 8.80. The highest BCUT2D eigenvalue weighted by atomic mass is 32.1. The molecule has 0 radical (unpaired) electrons. The van der Waals surface area contributed by atoms with Crippen LogP contribution in [0, 0.1) is 13.8 Å². The predicted molar refractivity (Wildman–Crippen MR) is 115 cm³/mol. The summed E-state index contributed by atoms with van der Waals surface area (Å²) in [7, 11) is 1.58. The minimum Gasteiger partial charge on any atom is -0.497 e. The summed E-state index contributed by atoms with van der Waals surface area (Å²) in [6.07, 6.45) is 2.97. The topological polar surface area (TPSA) is 88.7 Å². The van der Waals surface area contributed by atoms with Gasteiger partial charge in [0.05, 0.1) is 7.11 Å². The maximum absolute atomic E-state index is 11.9. The van der Waals surface area contributed by atoms with E-state index in [0.717, 1.165) is 22.4 Å². The molecule has 0 saturated carbocycles. The van der Waals surface area contributed by atoms with Gasteiger partial charge in [-0.1, -0.05) is 24.3 Å². The Balaban J connectivity index is 1.72. The van der Waals surface area contributed by atoms with Crippen molar-refractivity contribution in [3.8, 4) is 11.5 Å². The quantitative estimate of drug-likeness (QED) is 0.383. The number of hydrogen-bond acceptors (Lipinski definition) is 5. The first-order chi connectivity index (χ1) is 13.9. The van der Waals surface area contributed by atoms with Gasteiger partial charge in [-0.3, -0.25) is 25.8 Å². The smallest absolute Gasteiger partial charge is 0.276 e. The first kappa shape index (κ1) is 21.9. The lowest BCUT2D eigenvalue weighted by Crippen LogP contribution is -2.49. The molecule has 0 aliphatic heterocycles. The molecule has 0 saturated heterocycles. The Labute approximate surface area is 175 Å². The zero-order valence-corrected chi connectivity index (χ0v) is 17.3. The average Bonchev–Trinajstić information content (AvgIpc) is 2.72. The van der Waals surface area contributed by atoms with Crippen LogP contribution in [0.5, 0.6) is 11.5 Å². The Hall–Kier alpha value is -3.39. The van der Waals surface area contributed by atoms with Crippen LogP contribution < -0.4 is 25.6 Å². The third-order valence-electron chi connectivity index (χ3n) is 4.01. The van der Waals surface area contributed by atoms with Gasteiger partial charge in [0.1, 0.15) is 11.5 Å². The molecule has 3 N–H and O–H groups in total. The fourth-order valence-corrected chi connectivity index (χ4v) is 2.41. The summed E-state index contributed by atoms with van der Waals surface area (Å²) in [4.78, 5) is 23.8. The Morgan fingerprint density at radius 1 is 1.07 bits per heavy atom. The minimum absolute atomic E-state index is 0.0329. The number of thiocarbonyl (C=S) groups is 1. The van der Waals surface area contributed by atoms with E-state index >= 15 is 0 Å². The second kappa shape index (κ2) is 10.8. The summed E-state index contributed by atoms with van der Waals surface area (Å²) in [5.41, 5.74) is 7.71. The number of rotatable bonds is 6. The molecule has 0 fully saturated rings. The molecule has 0 heterocycles. The van der Waals surface area contributed by atoms with E-state index in [9.17, 15) is 9.59 Å². The van der Waals surface area contributed by atoms with Crippen molar-refractivity contribution in [2.75, 3.05) is 13.7 Å². The maximum atomic E-state index is 11.9. The summed E-state index contributed by atoms with van der Waals surface area (Å²) in [5, 5.41) is 2.40. The number of amides is 2.